The highest BCUT2D eigenvalue weighted by Gasteiger charge is 2.35. The maximum Gasteiger partial charge on any atom is 0.321 e. The quantitative estimate of drug-likeness (QED) is 0.665. The Hall–Kier alpha value is -1.19. The molecule has 116 valence electrons. The first kappa shape index (κ1) is 16.9. The molecule has 0 unspecified atom stereocenters. The molecule has 1 fully saturated rings. The summed E-state index contributed by atoms with van der Waals surface area (Å²) in [6, 6.07) is 0. The normalized spacial score (nSPS) is 18.1. The topological polar surface area (TPSA) is 104 Å². The van der Waals surface area contributed by atoms with Crippen molar-refractivity contribution in [1.29, 1.82) is 0 Å². The van der Waals surface area contributed by atoms with Gasteiger partial charge in [-0.3, -0.25) is 9.59 Å². The molecule has 1 heterocycles. The van der Waals surface area contributed by atoms with Crippen molar-refractivity contribution in [1.82, 2.24) is 8.61 Å². The number of nitrogens with zero attached hydrogens (tertiary/aromatic N) is 2. The fraction of sp³-hybridized carbons (Fsp3) is 0.818. The SMILES string of the molecule is CCN(CC(=O)OC)S(=O)(=O)N1CCC(C(=O)O)CC1. The van der Waals surface area contributed by atoms with Crippen molar-refractivity contribution in [3.8, 4) is 0 Å². The summed E-state index contributed by atoms with van der Waals surface area (Å²) in [7, 11) is -2.56. The van der Waals surface area contributed by atoms with Gasteiger partial charge in [0.15, 0.2) is 0 Å². The minimum absolute atomic E-state index is 0.149. The largest absolute Gasteiger partial charge is 0.481 e. The number of carbonyl (C=O) groups is 2. The monoisotopic (exact) mass is 308 g/mol. The Balaban J connectivity index is 2.73. The molecule has 9 heteroatoms. The number of carbonyl (C=O) groups excluding carboxylic acids is 1. The molecule has 0 aromatic carbocycles. The van der Waals surface area contributed by atoms with Crippen molar-refractivity contribution in [3.05, 3.63) is 0 Å². The third kappa shape index (κ3) is 3.90. The van der Waals surface area contributed by atoms with Crippen LogP contribution in [0.15, 0.2) is 0 Å². The van der Waals surface area contributed by atoms with Gasteiger partial charge in [0, 0.05) is 19.6 Å². The minimum atomic E-state index is -3.76. The molecular formula is C11H20N2O6S. The van der Waals surface area contributed by atoms with Gasteiger partial charge in [-0.05, 0) is 12.8 Å². The number of carboxylic acids is 1. The van der Waals surface area contributed by atoms with Crippen molar-refractivity contribution in [2.75, 3.05) is 33.3 Å². The summed E-state index contributed by atoms with van der Waals surface area (Å²) >= 11 is 0. The van der Waals surface area contributed by atoms with Crippen LogP contribution in [-0.4, -0.2) is 67.4 Å². The standard InChI is InChI=1S/C11H20N2O6S/c1-3-12(8-10(14)19-2)20(17,18)13-6-4-9(5-7-13)11(15)16/h9H,3-8H2,1-2H3,(H,15,16). The first-order valence-electron chi connectivity index (χ1n) is 6.37. The number of hydrogen-bond acceptors (Lipinski definition) is 5. The van der Waals surface area contributed by atoms with Crippen LogP contribution in [-0.2, 0) is 24.5 Å². The third-order valence-corrected chi connectivity index (χ3v) is 5.40. The van der Waals surface area contributed by atoms with Gasteiger partial charge in [0.25, 0.3) is 10.2 Å². The molecule has 1 rings (SSSR count). The summed E-state index contributed by atoms with van der Waals surface area (Å²) in [5.74, 6) is -2.03. The highest BCUT2D eigenvalue weighted by Crippen LogP contribution is 2.21. The smallest absolute Gasteiger partial charge is 0.321 e. The molecule has 0 amide bonds. The van der Waals surface area contributed by atoms with Gasteiger partial charge < -0.3 is 9.84 Å². The van der Waals surface area contributed by atoms with Gasteiger partial charge in [0.05, 0.1) is 13.0 Å². The number of piperidine rings is 1. The molecule has 0 aromatic heterocycles. The van der Waals surface area contributed by atoms with Gasteiger partial charge in [0.2, 0.25) is 0 Å². The lowest BCUT2D eigenvalue weighted by Gasteiger charge is -2.33. The van der Waals surface area contributed by atoms with Gasteiger partial charge >= 0.3 is 11.9 Å². The Labute approximate surface area is 118 Å². The summed E-state index contributed by atoms with van der Waals surface area (Å²) < 4.78 is 31.4. The molecule has 0 bridgehead atoms. The molecule has 0 saturated carbocycles. The molecule has 8 nitrogen and oxygen atoms in total. The third-order valence-electron chi connectivity index (χ3n) is 3.34. The number of ether oxygens (including phenoxy) is 1. The Morgan fingerprint density at radius 2 is 1.90 bits per heavy atom. The van der Waals surface area contributed by atoms with Crippen LogP contribution in [0, 0.1) is 5.92 Å². The average Bonchev–Trinajstić information content (AvgIpc) is 2.44. The lowest BCUT2D eigenvalue weighted by Crippen LogP contribution is -2.49. The fourth-order valence-corrected chi connectivity index (χ4v) is 3.66. The van der Waals surface area contributed by atoms with Crippen LogP contribution in [0.5, 0.6) is 0 Å². The van der Waals surface area contributed by atoms with E-state index in [9.17, 15) is 18.0 Å². The van der Waals surface area contributed by atoms with Crippen molar-refractivity contribution < 1.29 is 27.9 Å². The van der Waals surface area contributed by atoms with Crippen LogP contribution < -0.4 is 0 Å². The first-order valence-corrected chi connectivity index (χ1v) is 7.77. The second-order valence-corrected chi connectivity index (χ2v) is 6.45. The van der Waals surface area contributed by atoms with E-state index in [1.807, 2.05) is 0 Å². The molecule has 20 heavy (non-hydrogen) atoms. The Kier molecular flexibility index (Phi) is 5.90. The second kappa shape index (κ2) is 7.00. The molecule has 1 N–H and O–H groups in total. The fourth-order valence-electron chi connectivity index (χ4n) is 2.06. The number of rotatable bonds is 6. The summed E-state index contributed by atoms with van der Waals surface area (Å²) in [5, 5.41) is 8.89. The molecule has 0 aromatic rings. The van der Waals surface area contributed by atoms with E-state index in [0.29, 0.717) is 0 Å². The molecular weight excluding hydrogens is 288 g/mol. The maximum atomic E-state index is 12.3. The van der Waals surface area contributed by atoms with Gasteiger partial charge in [-0.25, -0.2) is 0 Å². The number of methoxy groups -OCH3 is 1. The Morgan fingerprint density at radius 1 is 1.35 bits per heavy atom. The van der Waals surface area contributed by atoms with Gasteiger partial charge in [0.1, 0.15) is 6.54 Å². The number of hydrogen-bond donors (Lipinski definition) is 1. The summed E-state index contributed by atoms with van der Waals surface area (Å²) in [5.41, 5.74) is 0. The van der Waals surface area contributed by atoms with Crippen LogP contribution in [0.1, 0.15) is 19.8 Å². The van der Waals surface area contributed by atoms with E-state index in [1.165, 1.54) is 11.4 Å². The van der Waals surface area contributed by atoms with E-state index in [0.717, 1.165) is 4.31 Å². The maximum absolute atomic E-state index is 12.3. The van der Waals surface area contributed by atoms with E-state index in [-0.39, 0.29) is 39.0 Å². The molecule has 1 aliphatic rings. The van der Waals surface area contributed by atoms with Crippen molar-refractivity contribution in [2.24, 2.45) is 5.92 Å². The van der Waals surface area contributed by atoms with Crippen LogP contribution in [0.25, 0.3) is 0 Å². The second-order valence-electron chi connectivity index (χ2n) is 4.52. The average molecular weight is 308 g/mol. The van der Waals surface area contributed by atoms with Crippen LogP contribution in [0.3, 0.4) is 0 Å². The molecule has 0 aliphatic carbocycles. The minimum Gasteiger partial charge on any atom is -0.481 e. The van der Waals surface area contributed by atoms with E-state index >= 15 is 0 Å². The molecule has 0 radical (unpaired) electrons. The zero-order valence-corrected chi connectivity index (χ0v) is 12.4. The predicted octanol–water partition coefficient (Wildman–Crippen LogP) is -0.477. The first-order chi connectivity index (χ1) is 9.32. The van der Waals surface area contributed by atoms with Crippen LogP contribution in [0.2, 0.25) is 0 Å². The number of esters is 1. The van der Waals surface area contributed by atoms with E-state index in [2.05, 4.69) is 4.74 Å². The molecule has 1 aliphatic heterocycles. The zero-order valence-electron chi connectivity index (χ0n) is 11.6. The Morgan fingerprint density at radius 3 is 2.30 bits per heavy atom. The van der Waals surface area contributed by atoms with Gasteiger partial charge in [-0.2, -0.15) is 17.0 Å². The Bertz CT molecular complexity index is 456. The highest BCUT2D eigenvalue weighted by atomic mass is 32.2. The summed E-state index contributed by atoms with van der Waals surface area (Å²) in [4.78, 5) is 22.1. The highest BCUT2D eigenvalue weighted by molar-refractivity contribution is 7.86. The molecule has 0 atom stereocenters. The van der Waals surface area contributed by atoms with Crippen molar-refractivity contribution in [2.45, 2.75) is 19.8 Å². The van der Waals surface area contributed by atoms with Gasteiger partial charge in [-0.1, -0.05) is 6.92 Å². The lowest BCUT2D eigenvalue weighted by molar-refractivity contribution is -0.143. The van der Waals surface area contributed by atoms with Gasteiger partial charge in [-0.15, -0.1) is 0 Å². The number of aliphatic carboxylic acids is 1. The zero-order chi connectivity index (χ0) is 15.3. The molecule has 0 spiro atoms. The van der Waals surface area contributed by atoms with Crippen LogP contribution >= 0.6 is 0 Å². The number of likely N-dealkylation sites (N-methyl/N-ethyl adjacent to an activating group) is 1. The predicted molar refractivity (Wildman–Crippen MR) is 70.1 cm³/mol. The van der Waals surface area contributed by atoms with E-state index in [1.54, 1.807) is 6.92 Å². The lowest BCUT2D eigenvalue weighted by atomic mass is 9.99. The van der Waals surface area contributed by atoms with Crippen LogP contribution in [0.4, 0.5) is 0 Å². The van der Waals surface area contributed by atoms with Crippen molar-refractivity contribution >= 4 is 22.1 Å². The van der Waals surface area contributed by atoms with E-state index in [4.69, 9.17) is 5.11 Å². The number of carboxylic acid groups (broad SMARTS) is 1. The van der Waals surface area contributed by atoms with E-state index < -0.39 is 28.1 Å². The summed E-state index contributed by atoms with van der Waals surface area (Å²) in [6.07, 6.45) is 0.564. The van der Waals surface area contributed by atoms with Crippen molar-refractivity contribution in [3.63, 3.8) is 0 Å². The summed E-state index contributed by atoms with van der Waals surface area (Å²) in [6.45, 7) is 1.74. The molecule has 1 saturated heterocycles.